The molecule has 0 spiro atoms. The number of esters is 1. The van der Waals surface area contributed by atoms with E-state index >= 15 is 0 Å². The lowest BCUT2D eigenvalue weighted by molar-refractivity contribution is -0.146. The summed E-state index contributed by atoms with van der Waals surface area (Å²) in [5.41, 5.74) is 1.97. The molecule has 0 aliphatic heterocycles. The number of amides is 2. The highest BCUT2D eigenvalue weighted by atomic mass is 16.5. The third-order valence-electron chi connectivity index (χ3n) is 6.43. The predicted molar refractivity (Wildman–Crippen MR) is 160 cm³/mol. The summed E-state index contributed by atoms with van der Waals surface area (Å²) in [5, 5.41) is 15.5. The van der Waals surface area contributed by atoms with Gasteiger partial charge in [0, 0.05) is 12.8 Å². The van der Waals surface area contributed by atoms with Gasteiger partial charge < -0.3 is 25.2 Å². The average Bonchev–Trinajstić information content (AvgIpc) is 2.98. The second kappa shape index (κ2) is 20.2. The lowest BCUT2D eigenvalue weighted by atomic mass is 9.98. The molecule has 0 saturated carbocycles. The zero-order valence-corrected chi connectivity index (χ0v) is 23.8. The molecule has 8 nitrogen and oxygen atoms in total. The Morgan fingerprint density at radius 1 is 0.854 bits per heavy atom. The number of rotatable bonds is 21. The van der Waals surface area contributed by atoms with Gasteiger partial charge in [0.1, 0.15) is 6.61 Å². The third-order valence-corrected chi connectivity index (χ3v) is 6.43. The number of nitrogens with one attached hydrogen (secondary N) is 2. The Labute approximate surface area is 243 Å². The monoisotopic (exact) mass is 564 g/mol. The lowest BCUT2D eigenvalue weighted by Crippen LogP contribution is -2.46. The number of hydrogen-bond acceptors (Lipinski definition) is 6. The van der Waals surface area contributed by atoms with Crippen molar-refractivity contribution < 1.29 is 29.0 Å². The second-order valence-corrected chi connectivity index (χ2v) is 9.99. The van der Waals surface area contributed by atoms with Crippen molar-refractivity contribution in [2.75, 3.05) is 19.8 Å². The van der Waals surface area contributed by atoms with Crippen molar-refractivity contribution in [3.05, 3.63) is 97.1 Å². The van der Waals surface area contributed by atoms with Gasteiger partial charge in [0.15, 0.2) is 0 Å². The molecule has 8 heteroatoms. The Bertz CT molecular complexity index is 1060. The Morgan fingerprint density at radius 2 is 1.54 bits per heavy atom. The number of carbonyl (C=O) groups is 3. The van der Waals surface area contributed by atoms with E-state index < -0.39 is 18.0 Å². The molecule has 2 amide bonds. The summed E-state index contributed by atoms with van der Waals surface area (Å²) < 4.78 is 11.3. The van der Waals surface area contributed by atoms with E-state index in [1.807, 2.05) is 66.7 Å². The quantitative estimate of drug-likeness (QED) is 0.119. The van der Waals surface area contributed by atoms with Crippen LogP contribution < -0.4 is 10.6 Å². The van der Waals surface area contributed by atoms with Gasteiger partial charge in [0.25, 0.3) is 0 Å². The normalized spacial score (nSPS) is 12.9. The van der Waals surface area contributed by atoms with Crippen LogP contribution in [0.25, 0.3) is 0 Å². The van der Waals surface area contributed by atoms with Crippen LogP contribution in [0.2, 0.25) is 0 Å². The molecule has 2 aromatic rings. The van der Waals surface area contributed by atoms with Crippen LogP contribution in [0, 0.1) is 5.92 Å². The van der Waals surface area contributed by atoms with Crippen molar-refractivity contribution >= 4 is 17.8 Å². The molecule has 0 fully saturated rings. The fourth-order valence-electron chi connectivity index (χ4n) is 4.22. The minimum absolute atomic E-state index is 0.0442. The number of unbranched alkanes of at least 4 members (excludes halogenated alkanes) is 2. The number of benzene rings is 2. The van der Waals surface area contributed by atoms with Crippen molar-refractivity contribution in [3.63, 3.8) is 0 Å². The van der Waals surface area contributed by atoms with Gasteiger partial charge in [0.05, 0.1) is 37.8 Å². The SMILES string of the molecule is C=CCCCCC(=O)OC[C@H](COCc1ccccc1)NC(=O)[C@H](CC=C)CC(=O)N[C@H](CO)Cc1ccccc1. The molecule has 41 heavy (non-hydrogen) atoms. The van der Waals surface area contributed by atoms with Crippen LogP contribution in [0.5, 0.6) is 0 Å². The van der Waals surface area contributed by atoms with Crippen molar-refractivity contribution in [2.24, 2.45) is 5.92 Å². The number of hydrogen-bond donors (Lipinski definition) is 3. The van der Waals surface area contributed by atoms with Crippen molar-refractivity contribution in [1.29, 1.82) is 0 Å². The Balaban J connectivity index is 1.96. The molecule has 0 heterocycles. The summed E-state index contributed by atoms with van der Waals surface area (Å²) in [5.74, 6) is -1.73. The average molecular weight is 565 g/mol. The van der Waals surface area contributed by atoms with Gasteiger partial charge in [-0.1, -0.05) is 72.8 Å². The zero-order chi connectivity index (χ0) is 29.7. The first-order chi connectivity index (χ1) is 19.9. The largest absolute Gasteiger partial charge is 0.463 e. The van der Waals surface area contributed by atoms with Crippen LogP contribution in [-0.2, 0) is 36.9 Å². The molecule has 0 unspecified atom stereocenters. The Morgan fingerprint density at radius 3 is 2.17 bits per heavy atom. The molecule has 3 atom stereocenters. The smallest absolute Gasteiger partial charge is 0.305 e. The fourth-order valence-corrected chi connectivity index (χ4v) is 4.22. The van der Waals surface area contributed by atoms with Crippen molar-refractivity contribution in [2.45, 2.75) is 63.6 Å². The first kappa shape index (κ1) is 33.5. The van der Waals surface area contributed by atoms with Crippen LogP contribution in [0.15, 0.2) is 86.0 Å². The van der Waals surface area contributed by atoms with E-state index in [2.05, 4.69) is 23.8 Å². The highest BCUT2D eigenvalue weighted by Crippen LogP contribution is 2.12. The highest BCUT2D eigenvalue weighted by Gasteiger charge is 2.25. The van der Waals surface area contributed by atoms with Gasteiger partial charge in [-0.15, -0.1) is 13.2 Å². The molecule has 0 radical (unpaired) electrons. The highest BCUT2D eigenvalue weighted by molar-refractivity contribution is 5.86. The van der Waals surface area contributed by atoms with E-state index in [0.29, 0.717) is 19.4 Å². The minimum Gasteiger partial charge on any atom is -0.463 e. The van der Waals surface area contributed by atoms with E-state index in [4.69, 9.17) is 9.47 Å². The van der Waals surface area contributed by atoms with Gasteiger partial charge in [-0.05, 0) is 43.2 Å². The predicted octanol–water partition coefficient (Wildman–Crippen LogP) is 4.28. The topological polar surface area (TPSA) is 114 Å². The van der Waals surface area contributed by atoms with Gasteiger partial charge in [0.2, 0.25) is 11.8 Å². The molecule has 0 aromatic heterocycles. The molecule has 0 saturated heterocycles. The van der Waals surface area contributed by atoms with E-state index in [1.54, 1.807) is 6.08 Å². The minimum atomic E-state index is -0.685. The summed E-state index contributed by atoms with van der Waals surface area (Å²) in [6, 6.07) is 18.1. The summed E-state index contributed by atoms with van der Waals surface area (Å²) in [4.78, 5) is 38.3. The molecule has 222 valence electrons. The van der Waals surface area contributed by atoms with Crippen molar-refractivity contribution in [1.82, 2.24) is 10.6 Å². The zero-order valence-electron chi connectivity index (χ0n) is 23.8. The maximum atomic E-state index is 13.3. The Kier molecular flexibility index (Phi) is 16.5. The molecule has 0 aliphatic rings. The summed E-state index contributed by atoms with van der Waals surface area (Å²) in [7, 11) is 0. The standard InChI is InChI=1S/C33H44N2O6/c1-3-5-6-13-19-32(38)41-25-30(24-40-23-27-17-11-8-12-18-27)35-33(39)28(14-4-2)21-31(37)34-29(22-36)20-26-15-9-7-10-16-26/h3-4,7-12,15-18,28-30,36H,1-2,5-6,13-14,19-25H2,(H,34,37)(H,35,39)/t28-,29+,30+/m1/s1. The van der Waals surface area contributed by atoms with Gasteiger partial charge >= 0.3 is 5.97 Å². The Hall–Kier alpha value is -3.75. The van der Waals surface area contributed by atoms with E-state index in [-0.39, 0.29) is 56.9 Å². The number of carbonyl (C=O) groups excluding carboxylic acids is 3. The van der Waals surface area contributed by atoms with E-state index in [1.165, 1.54) is 0 Å². The molecule has 0 bridgehead atoms. The van der Waals surface area contributed by atoms with Crippen LogP contribution in [-0.4, -0.2) is 54.8 Å². The maximum Gasteiger partial charge on any atom is 0.305 e. The summed E-state index contributed by atoms with van der Waals surface area (Å²) in [6.07, 6.45) is 6.75. The molecule has 2 rings (SSSR count). The van der Waals surface area contributed by atoms with Gasteiger partial charge in [-0.25, -0.2) is 0 Å². The van der Waals surface area contributed by atoms with Gasteiger partial charge in [-0.2, -0.15) is 0 Å². The first-order valence-corrected chi connectivity index (χ1v) is 14.2. The van der Waals surface area contributed by atoms with E-state index in [0.717, 1.165) is 24.0 Å². The summed E-state index contributed by atoms with van der Waals surface area (Å²) in [6.45, 7) is 7.61. The fraction of sp³-hybridized carbons (Fsp3) is 0.424. The molecular formula is C33H44N2O6. The molecule has 0 aliphatic carbocycles. The van der Waals surface area contributed by atoms with Crippen LogP contribution >= 0.6 is 0 Å². The molecular weight excluding hydrogens is 520 g/mol. The maximum absolute atomic E-state index is 13.3. The van der Waals surface area contributed by atoms with Crippen LogP contribution in [0.3, 0.4) is 0 Å². The number of aliphatic hydroxyl groups excluding tert-OH is 1. The first-order valence-electron chi connectivity index (χ1n) is 14.2. The lowest BCUT2D eigenvalue weighted by Gasteiger charge is -2.23. The van der Waals surface area contributed by atoms with Crippen LogP contribution in [0.4, 0.5) is 0 Å². The van der Waals surface area contributed by atoms with Crippen LogP contribution in [0.1, 0.15) is 49.7 Å². The number of ether oxygens (including phenoxy) is 2. The summed E-state index contributed by atoms with van der Waals surface area (Å²) >= 11 is 0. The molecule has 3 N–H and O–H groups in total. The van der Waals surface area contributed by atoms with Crippen molar-refractivity contribution in [3.8, 4) is 0 Å². The number of aliphatic hydroxyl groups is 1. The van der Waals surface area contributed by atoms with Gasteiger partial charge in [-0.3, -0.25) is 14.4 Å². The second-order valence-electron chi connectivity index (χ2n) is 9.99. The van der Waals surface area contributed by atoms with E-state index in [9.17, 15) is 19.5 Å². The number of allylic oxidation sites excluding steroid dienone is 2. The third kappa shape index (κ3) is 14.4. The molecule has 2 aromatic carbocycles.